The lowest BCUT2D eigenvalue weighted by Crippen LogP contribution is -2.30. The van der Waals surface area contributed by atoms with Crippen molar-refractivity contribution in [2.75, 3.05) is 19.1 Å². The van der Waals surface area contributed by atoms with Crippen molar-refractivity contribution in [2.24, 2.45) is 0 Å². The lowest BCUT2D eigenvalue weighted by molar-refractivity contribution is 0.394. The predicted octanol–water partition coefficient (Wildman–Crippen LogP) is 4.46. The van der Waals surface area contributed by atoms with E-state index in [1.165, 1.54) is 0 Å². The summed E-state index contributed by atoms with van der Waals surface area (Å²) in [5, 5.41) is 4.10. The zero-order valence-corrected chi connectivity index (χ0v) is 19.1. The van der Waals surface area contributed by atoms with Gasteiger partial charge in [0.05, 0.1) is 31.6 Å². The molecule has 0 amide bonds. The summed E-state index contributed by atoms with van der Waals surface area (Å²) in [7, 11) is 3.29. The van der Waals surface area contributed by atoms with Crippen LogP contribution in [-0.4, -0.2) is 33.9 Å². The third kappa shape index (κ3) is 3.78. The Morgan fingerprint density at radius 3 is 2.52 bits per heavy atom. The number of aromatic nitrogens is 3. The molecule has 0 unspecified atom stereocenters. The molecule has 1 saturated heterocycles. The van der Waals surface area contributed by atoms with Crippen molar-refractivity contribution in [2.45, 2.75) is 12.1 Å². The SMILES string of the molecule is COc1ccc(N2C(=S)N[C@H](c3ccccn3)[C@H]2c2cccn2-c2ccncc2)c(OC)c1. The van der Waals surface area contributed by atoms with Gasteiger partial charge in [-0.05, 0) is 60.7 Å². The molecule has 5 rings (SSSR count). The van der Waals surface area contributed by atoms with Crippen LogP contribution in [0.2, 0.25) is 0 Å². The molecule has 0 radical (unpaired) electrons. The minimum atomic E-state index is -0.183. The standard InChI is InChI=1S/C25H23N5O2S/c1-31-18-8-9-20(22(16-18)32-2)30-24(23(28-25(30)33)19-6-3-4-12-27-19)21-7-5-15-29(21)17-10-13-26-14-11-17/h3-16,23-24H,1-2H3,(H,28,33)/t23-,24-/m1/s1. The molecule has 166 valence electrons. The smallest absolute Gasteiger partial charge is 0.174 e. The van der Waals surface area contributed by atoms with Gasteiger partial charge in [-0.25, -0.2) is 0 Å². The summed E-state index contributed by atoms with van der Waals surface area (Å²) in [4.78, 5) is 10.9. The highest BCUT2D eigenvalue weighted by atomic mass is 32.1. The van der Waals surface area contributed by atoms with Crippen molar-refractivity contribution in [3.63, 3.8) is 0 Å². The number of benzene rings is 1. The fraction of sp³-hybridized carbons (Fsp3) is 0.160. The summed E-state index contributed by atoms with van der Waals surface area (Å²) in [6.45, 7) is 0. The summed E-state index contributed by atoms with van der Waals surface area (Å²) in [6.07, 6.45) is 7.43. The van der Waals surface area contributed by atoms with Crippen molar-refractivity contribution in [1.29, 1.82) is 0 Å². The molecule has 1 aromatic carbocycles. The average Bonchev–Trinajstić information content (AvgIpc) is 3.49. The van der Waals surface area contributed by atoms with Gasteiger partial charge in [0.15, 0.2) is 5.11 Å². The maximum Gasteiger partial charge on any atom is 0.174 e. The van der Waals surface area contributed by atoms with Gasteiger partial charge in [-0.3, -0.25) is 9.97 Å². The molecular formula is C25H23N5O2S. The first kappa shape index (κ1) is 21.0. The first-order valence-electron chi connectivity index (χ1n) is 10.5. The summed E-state index contributed by atoms with van der Waals surface area (Å²) in [5.74, 6) is 1.39. The predicted molar refractivity (Wildman–Crippen MR) is 131 cm³/mol. The quantitative estimate of drug-likeness (QED) is 0.429. The third-order valence-corrected chi connectivity index (χ3v) is 6.08. The molecule has 0 spiro atoms. The van der Waals surface area contributed by atoms with Crippen molar-refractivity contribution in [3.05, 3.63) is 96.8 Å². The fourth-order valence-electron chi connectivity index (χ4n) is 4.27. The van der Waals surface area contributed by atoms with E-state index in [9.17, 15) is 0 Å². The Balaban J connectivity index is 1.69. The summed E-state index contributed by atoms with van der Waals surface area (Å²) in [6, 6.07) is 19.4. The molecule has 1 N–H and O–H groups in total. The first-order valence-corrected chi connectivity index (χ1v) is 10.9. The lowest BCUT2D eigenvalue weighted by Gasteiger charge is -2.30. The van der Waals surface area contributed by atoms with Crippen LogP contribution in [0.1, 0.15) is 23.5 Å². The molecule has 2 atom stereocenters. The van der Waals surface area contributed by atoms with Gasteiger partial charge in [-0.2, -0.15) is 0 Å². The first-order chi connectivity index (χ1) is 16.2. The van der Waals surface area contributed by atoms with Gasteiger partial charge >= 0.3 is 0 Å². The normalized spacial score (nSPS) is 17.6. The molecule has 7 nitrogen and oxygen atoms in total. The highest BCUT2D eigenvalue weighted by Crippen LogP contribution is 2.45. The van der Waals surface area contributed by atoms with E-state index in [0.717, 1.165) is 22.8 Å². The largest absolute Gasteiger partial charge is 0.497 e. The van der Waals surface area contributed by atoms with Gasteiger partial charge in [-0.1, -0.05) is 6.07 Å². The molecule has 33 heavy (non-hydrogen) atoms. The lowest BCUT2D eigenvalue weighted by atomic mass is 10.0. The Morgan fingerprint density at radius 2 is 1.79 bits per heavy atom. The number of nitrogens with zero attached hydrogens (tertiary/aromatic N) is 4. The van der Waals surface area contributed by atoms with E-state index in [1.807, 2.05) is 60.8 Å². The van der Waals surface area contributed by atoms with Crippen LogP contribution in [0.15, 0.2) is 85.5 Å². The minimum absolute atomic E-state index is 0.166. The van der Waals surface area contributed by atoms with Crippen LogP contribution in [0.5, 0.6) is 11.5 Å². The number of nitrogens with one attached hydrogen (secondary N) is 1. The number of rotatable bonds is 6. The van der Waals surface area contributed by atoms with Crippen LogP contribution in [0.3, 0.4) is 0 Å². The van der Waals surface area contributed by atoms with Crippen LogP contribution < -0.4 is 19.7 Å². The molecule has 1 aliphatic rings. The zero-order valence-electron chi connectivity index (χ0n) is 18.3. The Morgan fingerprint density at radius 1 is 0.939 bits per heavy atom. The van der Waals surface area contributed by atoms with E-state index in [0.29, 0.717) is 16.6 Å². The van der Waals surface area contributed by atoms with E-state index < -0.39 is 0 Å². The summed E-state index contributed by atoms with van der Waals surface area (Å²) < 4.78 is 13.3. The van der Waals surface area contributed by atoms with E-state index in [2.05, 4.69) is 30.8 Å². The number of hydrogen-bond donors (Lipinski definition) is 1. The van der Waals surface area contributed by atoms with Gasteiger partial charge in [-0.15, -0.1) is 0 Å². The van der Waals surface area contributed by atoms with E-state index >= 15 is 0 Å². The van der Waals surface area contributed by atoms with Crippen molar-refractivity contribution < 1.29 is 9.47 Å². The maximum atomic E-state index is 5.86. The molecular weight excluding hydrogens is 434 g/mol. The summed E-state index contributed by atoms with van der Waals surface area (Å²) >= 11 is 5.86. The summed E-state index contributed by atoms with van der Waals surface area (Å²) in [5.41, 5.74) is 3.83. The molecule has 3 aromatic heterocycles. The van der Waals surface area contributed by atoms with Crippen LogP contribution in [0.25, 0.3) is 5.69 Å². The Kier molecular flexibility index (Phi) is 5.66. The topological polar surface area (TPSA) is 64.4 Å². The Bertz CT molecular complexity index is 1260. The molecule has 0 bridgehead atoms. The second-order valence-corrected chi connectivity index (χ2v) is 7.93. The minimum Gasteiger partial charge on any atom is -0.497 e. The van der Waals surface area contributed by atoms with Gasteiger partial charge < -0.3 is 24.3 Å². The maximum absolute atomic E-state index is 5.86. The van der Waals surface area contributed by atoms with E-state index in [1.54, 1.807) is 32.8 Å². The van der Waals surface area contributed by atoms with Crippen LogP contribution in [0, 0.1) is 0 Å². The van der Waals surface area contributed by atoms with Gasteiger partial charge in [0.25, 0.3) is 0 Å². The molecule has 0 saturated carbocycles. The number of methoxy groups -OCH3 is 2. The number of pyridine rings is 2. The van der Waals surface area contributed by atoms with Crippen LogP contribution in [-0.2, 0) is 0 Å². The second kappa shape index (κ2) is 8.91. The third-order valence-electron chi connectivity index (χ3n) is 5.77. The zero-order chi connectivity index (χ0) is 22.8. The van der Waals surface area contributed by atoms with Crippen molar-refractivity contribution in [3.8, 4) is 17.2 Å². The molecule has 4 heterocycles. The van der Waals surface area contributed by atoms with Gasteiger partial charge in [0.2, 0.25) is 0 Å². The number of anilines is 1. The average molecular weight is 458 g/mol. The molecule has 4 aromatic rings. The highest BCUT2D eigenvalue weighted by Gasteiger charge is 2.43. The van der Waals surface area contributed by atoms with E-state index in [-0.39, 0.29) is 12.1 Å². The van der Waals surface area contributed by atoms with Crippen molar-refractivity contribution in [1.82, 2.24) is 19.9 Å². The van der Waals surface area contributed by atoms with E-state index in [4.69, 9.17) is 21.7 Å². The van der Waals surface area contributed by atoms with Gasteiger partial charge in [0, 0.05) is 42.2 Å². The number of thiocarbonyl (C=S) groups is 1. The molecule has 8 heteroatoms. The highest BCUT2D eigenvalue weighted by molar-refractivity contribution is 7.80. The molecule has 1 aliphatic heterocycles. The fourth-order valence-corrected chi connectivity index (χ4v) is 4.61. The van der Waals surface area contributed by atoms with Crippen molar-refractivity contribution >= 4 is 23.0 Å². The van der Waals surface area contributed by atoms with Gasteiger partial charge in [0.1, 0.15) is 17.5 Å². The monoisotopic (exact) mass is 457 g/mol. The Labute approximate surface area is 197 Å². The molecule has 0 aliphatic carbocycles. The van der Waals surface area contributed by atoms with Crippen LogP contribution in [0.4, 0.5) is 5.69 Å². The molecule has 1 fully saturated rings. The number of hydrogen-bond acceptors (Lipinski definition) is 5. The Hall–Kier alpha value is -3.91. The number of ether oxygens (including phenoxy) is 2. The second-order valence-electron chi connectivity index (χ2n) is 7.54. The van der Waals surface area contributed by atoms with Crippen LogP contribution >= 0.6 is 12.2 Å².